The lowest BCUT2D eigenvalue weighted by atomic mass is 10.2. The fraction of sp³-hybridized carbons (Fsp3) is 0.182. The number of aryl methyl sites for hydroxylation is 3. The molecule has 9 nitrogen and oxygen atoms in total. The summed E-state index contributed by atoms with van der Waals surface area (Å²) in [7, 11) is 0. The molecule has 0 fully saturated rings. The van der Waals surface area contributed by atoms with Crippen molar-refractivity contribution in [2.24, 2.45) is 0 Å². The van der Waals surface area contributed by atoms with Crippen molar-refractivity contribution >= 4 is 38.8 Å². The van der Waals surface area contributed by atoms with Gasteiger partial charge in [-0.15, -0.1) is 11.3 Å². The largest absolute Gasteiger partial charge is 0.324 e. The standard InChI is InChI=1S/C22H19N5O4S/c1-12-6-7-16(27(30)31)9-17(12)24-18(28)11-26-20(15-5-4-8-23-10-15)25-21-19(22(26)29)13(2)14(3)32-21/h4-10H,11H2,1-3H3,(H,24,28). The van der Waals surface area contributed by atoms with E-state index in [1.807, 2.05) is 13.8 Å². The fourth-order valence-corrected chi connectivity index (χ4v) is 4.40. The number of carbonyl (C=O) groups is 1. The number of fused-ring (bicyclic) bond motifs is 1. The highest BCUT2D eigenvalue weighted by molar-refractivity contribution is 7.18. The number of benzene rings is 1. The number of nitro benzene ring substituents is 1. The monoisotopic (exact) mass is 449 g/mol. The van der Waals surface area contributed by atoms with Crippen LogP contribution in [0.1, 0.15) is 16.0 Å². The van der Waals surface area contributed by atoms with Crippen LogP contribution in [0, 0.1) is 30.9 Å². The molecule has 4 rings (SSSR count). The van der Waals surface area contributed by atoms with Crippen molar-refractivity contribution in [3.8, 4) is 11.4 Å². The molecule has 1 N–H and O–H groups in total. The molecule has 1 aromatic carbocycles. The van der Waals surface area contributed by atoms with Crippen molar-refractivity contribution in [1.29, 1.82) is 0 Å². The molecule has 0 saturated carbocycles. The Kier molecular flexibility index (Phi) is 5.54. The van der Waals surface area contributed by atoms with E-state index in [9.17, 15) is 19.7 Å². The molecule has 1 amide bonds. The Morgan fingerprint density at radius 3 is 2.72 bits per heavy atom. The van der Waals surface area contributed by atoms with Gasteiger partial charge in [0.25, 0.3) is 11.2 Å². The van der Waals surface area contributed by atoms with Crippen LogP contribution in [0.3, 0.4) is 0 Å². The van der Waals surface area contributed by atoms with Gasteiger partial charge in [-0.2, -0.15) is 0 Å². The summed E-state index contributed by atoms with van der Waals surface area (Å²) in [5, 5.41) is 14.2. The topological polar surface area (TPSA) is 120 Å². The van der Waals surface area contributed by atoms with Gasteiger partial charge < -0.3 is 5.32 Å². The van der Waals surface area contributed by atoms with Crippen LogP contribution in [0.15, 0.2) is 47.5 Å². The Labute approximate surface area is 186 Å². The number of carbonyl (C=O) groups excluding carboxylic acids is 1. The number of nitro groups is 1. The average molecular weight is 449 g/mol. The van der Waals surface area contributed by atoms with Gasteiger partial charge >= 0.3 is 0 Å². The highest BCUT2D eigenvalue weighted by Crippen LogP contribution is 2.28. The minimum atomic E-state index is -0.528. The first kappa shape index (κ1) is 21.3. The molecule has 10 heteroatoms. The normalized spacial score (nSPS) is 11.0. The number of non-ortho nitro benzene ring substituents is 1. The molecule has 0 bridgehead atoms. The minimum Gasteiger partial charge on any atom is -0.324 e. The van der Waals surface area contributed by atoms with E-state index in [4.69, 9.17) is 0 Å². The van der Waals surface area contributed by atoms with Crippen LogP contribution in [-0.4, -0.2) is 25.4 Å². The lowest BCUT2D eigenvalue weighted by Crippen LogP contribution is -2.30. The van der Waals surface area contributed by atoms with Crippen molar-refractivity contribution in [3.05, 3.63) is 79.2 Å². The molecule has 3 heterocycles. The van der Waals surface area contributed by atoms with Crippen molar-refractivity contribution in [1.82, 2.24) is 14.5 Å². The molecule has 4 aromatic rings. The quantitative estimate of drug-likeness (QED) is 0.363. The predicted octanol–water partition coefficient (Wildman–Crippen LogP) is 3.99. The third-order valence-electron chi connectivity index (χ3n) is 5.22. The number of hydrogen-bond acceptors (Lipinski definition) is 7. The first-order valence-corrected chi connectivity index (χ1v) is 10.5. The zero-order valence-electron chi connectivity index (χ0n) is 17.6. The fourth-order valence-electron chi connectivity index (χ4n) is 3.38. The lowest BCUT2D eigenvalue weighted by molar-refractivity contribution is -0.384. The van der Waals surface area contributed by atoms with Crippen LogP contribution in [-0.2, 0) is 11.3 Å². The number of amides is 1. The number of hydrogen-bond donors (Lipinski definition) is 1. The molecule has 0 unspecified atom stereocenters. The third-order valence-corrected chi connectivity index (χ3v) is 6.32. The summed E-state index contributed by atoms with van der Waals surface area (Å²) >= 11 is 1.43. The summed E-state index contributed by atoms with van der Waals surface area (Å²) in [4.78, 5) is 47.2. The summed E-state index contributed by atoms with van der Waals surface area (Å²) in [6, 6.07) is 7.73. The van der Waals surface area contributed by atoms with E-state index in [0.717, 1.165) is 10.4 Å². The van der Waals surface area contributed by atoms with E-state index in [1.165, 1.54) is 28.0 Å². The van der Waals surface area contributed by atoms with Gasteiger partial charge in [0, 0.05) is 35.0 Å². The Hall–Kier alpha value is -3.92. The van der Waals surface area contributed by atoms with Gasteiger partial charge in [-0.3, -0.25) is 29.3 Å². The van der Waals surface area contributed by atoms with Crippen molar-refractivity contribution < 1.29 is 9.72 Å². The van der Waals surface area contributed by atoms with Gasteiger partial charge in [0.2, 0.25) is 5.91 Å². The van der Waals surface area contributed by atoms with Gasteiger partial charge in [0.15, 0.2) is 0 Å². The summed E-state index contributed by atoms with van der Waals surface area (Å²) in [5.41, 5.74) is 1.98. The van der Waals surface area contributed by atoms with Crippen molar-refractivity contribution in [2.75, 3.05) is 5.32 Å². The number of nitrogens with zero attached hydrogens (tertiary/aromatic N) is 4. The highest BCUT2D eigenvalue weighted by atomic mass is 32.1. The molecule has 0 atom stereocenters. The van der Waals surface area contributed by atoms with E-state index in [2.05, 4.69) is 15.3 Å². The highest BCUT2D eigenvalue weighted by Gasteiger charge is 2.20. The smallest absolute Gasteiger partial charge is 0.271 e. The lowest BCUT2D eigenvalue weighted by Gasteiger charge is -2.13. The van der Waals surface area contributed by atoms with Crippen LogP contribution >= 0.6 is 11.3 Å². The summed E-state index contributed by atoms with van der Waals surface area (Å²) in [6.07, 6.45) is 3.20. The number of nitrogens with one attached hydrogen (secondary N) is 1. The van der Waals surface area contributed by atoms with Crippen LogP contribution < -0.4 is 10.9 Å². The molecular weight excluding hydrogens is 430 g/mol. The zero-order valence-corrected chi connectivity index (χ0v) is 18.4. The Morgan fingerprint density at radius 1 is 1.25 bits per heavy atom. The maximum Gasteiger partial charge on any atom is 0.271 e. The molecule has 0 aliphatic rings. The van der Waals surface area contributed by atoms with E-state index < -0.39 is 10.8 Å². The first-order chi connectivity index (χ1) is 15.3. The second kappa shape index (κ2) is 8.31. The molecular formula is C22H19N5O4S. The molecule has 0 aliphatic carbocycles. The summed E-state index contributed by atoms with van der Waals surface area (Å²) < 4.78 is 1.32. The van der Waals surface area contributed by atoms with Crippen LogP contribution in [0.25, 0.3) is 21.6 Å². The maximum absolute atomic E-state index is 13.4. The Bertz CT molecular complexity index is 1430. The zero-order chi connectivity index (χ0) is 23.0. The molecule has 0 radical (unpaired) electrons. The average Bonchev–Trinajstić information content (AvgIpc) is 3.05. The molecule has 0 aliphatic heterocycles. The molecule has 3 aromatic heterocycles. The number of pyridine rings is 1. The number of thiophene rings is 1. The van der Waals surface area contributed by atoms with Gasteiger partial charge in [-0.05, 0) is 44.0 Å². The number of rotatable bonds is 5. The van der Waals surface area contributed by atoms with Crippen LogP contribution in [0.2, 0.25) is 0 Å². The maximum atomic E-state index is 13.4. The van der Waals surface area contributed by atoms with Gasteiger partial charge in [-0.1, -0.05) is 6.07 Å². The molecule has 0 spiro atoms. The molecule has 162 valence electrons. The predicted molar refractivity (Wildman–Crippen MR) is 123 cm³/mol. The summed E-state index contributed by atoms with van der Waals surface area (Å²) in [5.74, 6) is -0.158. The number of anilines is 1. The van der Waals surface area contributed by atoms with Crippen molar-refractivity contribution in [3.63, 3.8) is 0 Å². The van der Waals surface area contributed by atoms with Gasteiger partial charge in [0.1, 0.15) is 17.2 Å². The summed E-state index contributed by atoms with van der Waals surface area (Å²) in [6.45, 7) is 5.21. The van der Waals surface area contributed by atoms with E-state index in [0.29, 0.717) is 32.9 Å². The van der Waals surface area contributed by atoms with E-state index >= 15 is 0 Å². The second-order valence-electron chi connectivity index (χ2n) is 7.34. The number of aromatic nitrogens is 3. The second-order valence-corrected chi connectivity index (χ2v) is 8.54. The SMILES string of the molecule is Cc1ccc([N+](=O)[O-])cc1NC(=O)Cn1c(-c2cccnc2)nc2sc(C)c(C)c2c1=O. The third kappa shape index (κ3) is 3.87. The van der Waals surface area contributed by atoms with Crippen molar-refractivity contribution in [2.45, 2.75) is 27.3 Å². The Balaban J connectivity index is 1.78. The van der Waals surface area contributed by atoms with Crippen LogP contribution in [0.4, 0.5) is 11.4 Å². The first-order valence-electron chi connectivity index (χ1n) is 9.72. The van der Waals surface area contributed by atoms with E-state index in [1.54, 1.807) is 37.5 Å². The Morgan fingerprint density at radius 2 is 2.03 bits per heavy atom. The minimum absolute atomic E-state index is 0.133. The molecule has 0 saturated heterocycles. The van der Waals surface area contributed by atoms with Crippen LogP contribution in [0.5, 0.6) is 0 Å². The van der Waals surface area contributed by atoms with E-state index in [-0.39, 0.29) is 17.8 Å². The van der Waals surface area contributed by atoms with Gasteiger partial charge in [0.05, 0.1) is 16.0 Å². The van der Waals surface area contributed by atoms with Gasteiger partial charge in [-0.25, -0.2) is 4.98 Å². The molecule has 32 heavy (non-hydrogen) atoms.